The van der Waals surface area contributed by atoms with Crippen molar-refractivity contribution in [3.63, 3.8) is 0 Å². The molecule has 13 rings (SSSR count). The van der Waals surface area contributed by atoms with Gasteiger partial charge in [0, 0.05) is 38.2 Å². The molecule has 62 heavy (non-hydrogen) atoms. The van der Waals surface area contributed by atoms with E-state index in [0.717, 1.165) is 93.2 Å². The minimum atomic E-state index is 0.563. The van der Waals surface area contributed by atoms with Crippen LogP contribution in [0.3, 0.4) is 0 Å². The maximum Gasteiger partial charge on any atom is 0.164 e. The normalized spacial score (nSPS) is 11.9. The van der Waals surface area contributed by atoms with Crippen LogP contribution >= 0.6 is 0 Å². The zero-order valence-electron chi connectivity index (χ0n) is 33.2. The van der Waals surface area contributed by atoms with Crippen molar-refractivity contribution in [3.05, 3.63) is 200 Å². The summed E-state index contributed by atoms with van der Waals surface area (Å²) in [5, 5.41) is 11.0. The Morgan fingerprint density at radius 2 is 0.774 bits per heavy atom. The van der Waals surface area contributed by atoms with Crippen LogP contribution in [0.5, 0.6) is 0 Å². The molecule has 0 radical (unpaired) electrons. The summed E-state index contributed by atoms with van der Waals surface area (Å²) in [5.74, 6) is 1.72. The number of hydrogen-bond acceptors (Lipinski definition) is 5. The topological polar surface area (TPSA) is 65.0 Å². The van der Waals surface area contributed by atoms with E-state index in [9.17, 15) is 0 Å². The fourth-order valence-electron chi connectivity index (χ4n) is 9.45. The third-order valence-corrected chi connectivity index (χ3v) is 12.3. The number of aromatic nitrogens is 3. The summed E-state index contributed by atoms with van der Waals surface area (Å²) in [5.41, 5.74) is 10.5. The molecule has 0 saturated heterocycles. The molecule has 10 aromatic carbocycles. The predicted octanol–water partition coefficient (Wildman–Crippen LogP) is 15.5. The van der Waals surface area contributed by atoms with E-state index >= 15 is 0 Å². The Hall–Kier alpha value is -8.41. The fourth-order valence-corrected chi connectivity index (χ4v) is 9.45. The predicted molar refractivity (Wildman–Crippen MR) is 254 cm³/mol. The largest absolute Gasteiger partial charge is 0.456 e. The highest BCUT2D eigenvalue weighted by Crippen LogP contribution is 2.44. The van der Waals surface area contributed by atoms with Gasteiger partial charge in [0.1, 0.15) is 22.3 Å². The van der Waals surface area contributed by atoms with Gasteiger partial charge in [-0.3, -0.25) is 0 Å². The molecular formula is C57H33N3O2. The van der Waals surface area contributed by atoms with E-state index in [2.05, 4.69) is 158 Å². The van der Waals surface area contributed by atoms with Crippen LogP contribution in [0.1, 0.15) is 0 Å². The van der Waals surface area contributed by atoms with E-state index in [1.54, 1.807) is 0 Å². The van der Waals surface area contributed by atoms with Crippen LogP contribution in [0.25, 0.3) is 133 Å². The Kier molecular flexibility index (Phi) is 7.54. The number of benzene rings is 10. The minimum Gasteiger partial charge on any atom is -0.456 e. The van der Waals surface area contributed by atoms with Gasteiger partial charge < -0.3 is 8.83 Å². The van der Waals surface area contributed by atoms with Crippen molar-refractivity contribution in [3.8, 4) is 56.4 Å². The maximum absolute atomic E-state index is 6.82. The average molecular weight is 792 g/mol. The van der Waals surface area contributed by atoms with Gasteiger partial charge in [0.2, 0.25) is 0 Å². The number of nitrogens with zero attached hydrogens (tertiary/aromatic N) is 3. The summed E-state index contributed by atoms with van der Waals surface area (Å²) in [7, 11) is 0. The SMILES string of the molecule is c1ccc2cc(-c3nc(-c4cccc5oc6ccccc6c45)nc(-c4cccc5oc6cc(-c7ccc(-c8cccc9ccccc89)cc7)c7ccccc7c6c45)n3)ccc2c1. The van der Waals surface area contributed by atoms with Crippen molar-refractivity contribution in [1.82, 2.24) is 15.0 Å². The van der Waals surface area contributed by atoms with E-state index in [-0.39, 0.29) is 0 Å². The molecule has 0 saturated carbocycles. The standard InChI is InChI=1S/C57H33N3O2/c1-2-14-38-32-39(31-26-34(38)12-1)55-58-56(45-21-10-24-49-52(45)44-19-7-8-23-48(44)61-49)60-57(59-55)46-22-11-25-50-54(46)53-43-18-6-5-17-42(43)47(33-51(53)62-50)37-29-27-36(28-30-37)41-20-9-15-35-13-3-4-16-40(35)41/h1-33H. The lowest BCUT2D eigenvalue weighted by Crippen LogP contribution is -2.00. The molecular weight excluding hydrogens is 759 g/mol. The summed E-state index contributed by atoms with van der Waals surface area (Å²) in [6.45, 7) is 0. The van der Waals surface area contributed by atoms with Crippen LogP contribution < -0.4 is 0 Å². The molecule has 3 heterocycles. The first-order chi connectivity index (χ1) is 30.7. The van der Waals surface area contributed by atoms with Gasteiger partial charge in [-0.15, -0.1) is 0 Å². The van der Waals surface area contributed by atoms with Gasteiger partial charge in [0.15, 0.2) is 17.5 Å². The first kappa shape index (κ1) is 34.5. The third kappa shape index (κ3) is 5.38. The number of hydrogen-bond donors (Lipinski definition) is 0. The Labute approximate surface area is 355 Å². The van der Waals surface area contributed by atoms with Crippen molar-refractivity contribution in [1.29, 1.82) is 0 Å². The molecule has 0 amide bonds. The van der Waals surface area contributed by atoms with E-state index in [1.165, 1.54) is 21.9 Å². The van der Waals surface area contributed by atoms with Crippen LogP contribution in [-0.2, 0) is 0 Å². The third-order valence-electron chi connectivity index (χ3n) is 12.3. The summed E-state index contributed by atoms with van der Waals surface area (Å²) in [6.07, 6.45) is 0. The minimum absolute atomic E-state index is 0.563. The van der Waals surface area contributed by atoms with Crippen LogP contribution in [0, 0.1) is 0 Å². The Balaban J connectivity index is 1.02. The summed E-state index contributed by atoms with van der Waals surface area (Å²) >= 11 is 0. The van der Waals surface area contributed by atoms with Gasteiger partial charge >= 0.3 is 0 Å². The van der Waals surface area contributed by atoms with E-state index in [1.807, 2.05) is 42.5 Å². The van der Waals surface area contributed by atoms with E-state index < -0.39 is 0 Å². The lowest BCUT2D eigenvalue weighted by molar-refractivity contribution is 0.669. The molecule has 5 heteroatoms. The van der Waals surface area contributed by atoms with Crippen LogP contribution in [0.15, 0.2) is 209 Å². The van der Waals surface area contributed by atoms with Crippen molar-refractivity contribution >= 4 is 76.2 Å². The van der Waals surface area contributed by atoms with Crippen LogP contribution in [0.4, 0.5) is 0 Å². The molecule has 0 aliphatic carbocycles. The van der Waals surface area contributed by atoms with E-state index in [4.69, 9.17) is 23.8 Å². The van der Waals surface area contributed by atoms with Gasteiger partial charge in [-0.25, -0.2) is 15.0 Å². The summed E-state index contributed by atoms with van der Waals surface area (Å²) in [4.78, 5) is 15.8. The zero-order chi connectivity index (χ0) is 40.7. The van der Waals surface area contributed by atoms with Gasteiger partial charge in [-0.2, -0.15) is 0 Å². The van der Waals surface area contributed by atoms with Crippen molar-refractivity contribution in [2.24, 2.45) is 0 Å². The molecule has 0 fully saturated rings. The second kappa shape index (κ2) is 13.6. The van der Waals surface area contributed by atoms with Gasteiger partial charge in [-0.1, -0.05) is 170 Å². The number of para-hydroxylation sites is 1. The second-order valence-electron chi connectivity index (χ2n) is 15.9. The van der Waals surface area contributed by atoms with Gasteiger partial charge in [0.05, 0.1) is 0 Å². The summed E-state index contributed by atoms with van der Waals surface area (Å²) < 4.78 is 13.1. The molecule has 0 aliphatic heterocycles. The highest BCUT2D eigenvalue weighted by atomic mass is 16.3. The molecule has 0 N–H and O–H groups in total. The molecule has 0 aliphatic rings. The first-order valence-electron chi connectivity index (χ1n) is 20.8. The fraction of sp³-hybridized carbons (Fsp3) is 0. The molecule has 5 nitrogen and oxygen atoms in total. The van der Waals surface area contributed by atoms with Crippen LogP contribution in [0.2, 0.25) is 0 Å². The highest BCUT2D eigenvalue weighted by Gasteiger charge is 2.22. The number of furan rings is 2. The molecule has 288 valence electrons. The smallest absolute Gasteiger partial charge is 0.164 e. The lowest BCUT2D eigenvalue weighted by Gasteiger charge is -2.12. The number of rotatable bonds is 5. The Morgan fingerprint density at radius 1 is 0.258 bits per heavy atom. The molecule has 0 bridgehead atoms. The Morgan fingerprint density at radius 3 is 1.56 bits per heavy atom. The molecule has 0 atom stereocenters. The molecule has 0 spiro atoms. The van der Waals surface area contributed by atoms with Crippen molar-refractivity contribution in [2.45, 2.75) is 0 Å². The molecule has 13 aromatic rings. The zero-order valence-corrected chi connectivity index (χ0v) is 33.2. The summed E-state index contributed by atoms with van der Waals surface area (Å²) in [6, 6.07) is 69.9. The van der Waals surface area contributed by atoms with Crippen molar-refractivity contribution < 1.29 is 8.83 Å². The van der Waals surface area contributed by atoms with Crippen LogP contribution in [-0.4, -0.2) is 15.0 Å². The quantitative estimate of drug-likeness (QED) is 0.174. The maximum atomic E-state index is 6.82. The van der Waals surface area contributed by atoms with Gasteiger partial charge in [0.25, 0.3) is 0 Å². The molecule has 0 unspecified atom stereocenters. The molecule has 3 aromatic heterocycles. The Bertz CT molecular complexity index is 3930. The van der Waals surface area contributed by atoms with E-state index in [0.29, 0.717) is 17.5 Å². The highest BCUT2D eigenvalue weighted by molar-refractivity contribution is 6.25. The average Bonchev–Trinajstić information content (AvgIpc) is 3.92. The first-order valence-corrected chi connectivity index (χ1v) is 20.8. The second-order valence-corrected chi connectivity index (χ2v) is 15.9. The van der Waals surface area contributed by atoms with Crippen molar-refractivity contribution in [2.75, 3.05) is 0 Å². The van der Waals surface area contributed by atoms with Gasteiger partial charge in [-0.05, 0) is 84.9 Å². The lowest BCUT2D eigenvalue weighted by atomic mass is 9.92. The monoisotopic (exact) mass is 791 g/mol. The number of fused-ring (bicyclic) bond motifs is 10.